The molecule has 0 saturated heterocycles. The summed E-state index contributed by atoms with van der Waals surface area (Å²) >= 11 is 0. The van der Waals surface area contributed by atoms with Crippen molar-refractivity contribution in [1.82, 2.24) is 19.7 Å². The minimum absolute atomic E-state index is 0.176. The average Bonchev–Trinajstić information content (AvgIpc) is 2.78. The molecule has 2 heterocycles. The van der Waals surface area contributed by atoms with Gasteiger partial charge in [-0.2, -0.15) is 10.1 Å². The molecule has 0 saturated carbocycles. The molecule has 0 amide bonds. The van der Waals surface area contributed by atoms with Crippen LogP contribution < -0.4 is 10.5 Å². The molecule has 0 spiro atoms. The Labute approximate surface area is 120 Å². The molecule has 1 aromatic carbocycles. The molecular weight excluding hydrogens is 273 g/mol. The molecule has 6 nitrogen and oxygen atoms in total. The summed E-state index contributed by atoms with van der Waals surface area (Å²) in [6, 6.07) is 4.74. The molecule has 21 heavy (non-hydrogen) atoms. The van der Waals surface area contributed by atoms with Gasteiger partial charge in [0.25, 0.3) is 0 Å². The number of rotatable bonds is 3. The number of nitrogen functional groups attached to an aromatic ring is 1. The predicted molar refractivity (Wildman–Crippen MR) is 77.3 cm³/mol. The summed E-state index contributed by atoms with van der Waals surface area (Å²) in [4.78, 5) is 8.11. The van der Waals surface area contributed by atoms with E-state index in [1.165, 1.54) is 6.07 Å². The lowest BCUT2D eigenvalue weighted by molar-refractivity contribution is 0.321. The number of ether oxygens (including phenoxy) is 1. The predicted octanol–water partition coefficient (Wildman–Crippen LogP) is 2.15. The van der Waals surface area contributed by atoms with Gasteiger partial charge in [0.05, 0.1) is 12.0 Å². The summed E-state index contributed by atoms with van der Waals surface area (Å²) in [5.74, 6) is -0.0265. The van der Waals surface area contributed by atoms with Gasteiger partial charge in [-0.05, 0) is 25.1 Å². The van der Waals surface area contributed by atoms with Crippen LogP contribution in [-0.4, -0.2) is 26.4 Å². The molecule has 0 bridgehead atoms. The fourth-order valence-electron chi connectivity index (χ4n) is 2.18. The van der Waals surface area contributed by atoms with E-state index in [1.807, 2.05) is 0 Å². The van der Waals surface area contributed by atoms with Crippen LogP contribution in [0.3, 0.4) is 0 Å². The van der Waals surface area contributed by atoms with Crippen molar-refractivity contribution in [1.29, 1.82) is 0 Å². The fourth-order valence-corrected chi connectivity index (χ4v) is 2.18. The first-order chi connectivity index (χ1) is 10.1. The van der Waals surface area contributed by atoms with Crippen molar-refractivity contribution in [3.05, 3.63) is 30.2 Å². The van der Waals surface area contributed by atoms with Crippen LogP contribution in [0, 0.1) is 5.82 Å². The standard InChI is InChI=1S/C14H14FN5O/c1-3-21-11-5-4-8(6-10(11)15)12-9-7-17-14(16)18-13(9)20(2)19-12/h4-7H,3H2,1-2H3,(H2,16,17,18). The van der Waals surface area contributed by atoms with Crippen molar-refractivity contribution in [3.8, 4) is 17.0 Å². The molecule has 108 valence electrons. The van der Waals surface area contributed by atoms with Gasteiger partial charge in [0.2, 0.25) is 5.95 Å². The molecule has 3 rings (SSSR count). The molecule has 0 unspecified atom stereocenters. The maximum Gasteiger partial charge on any atom is 0.222 e. The summed E-state index contributed by atoms with van der Waals surface area (Å²) in [6.45, 7) is 2.22. The number of nitrogens with two attached hydrogens (primary N) is 1. The Morgan fingerprint density at radius 2 is 2.19 bits per heavy atom. The van der Waals surface area contributed by atoms with Crippen molar-refractivity contribution in [3.63, 3.8) is 0 Å². The average molecular weight is 287 g/mol. The minimum Gasteiger partial charge on any atom is -0.491 e. The zero-order valence-corrected chi connectivity index (χ0v) is 11.7. The minimum atomic E-state index is -0.426. The number of hydrogen-bond acceptors (Lipinski definition) is 5. The van der Waals surface area contributed by atoms with Crippen LogP contribution in [0.25, 0.3) is 22.3 Å². The van der Waals surface area contributed by atoms with Crippen LogP contribution in [-0.2, 0) is 7.05 Å². The van der Waals surface area contributed by atoms with Gasteiger partial charge in [-0.1, -0.05) is 0 Å². The van der Waals surface area contributed by atoms with E-state index in [4.69, 9.17) is 10.5 Å². The van der Waals surface area contributed by atoms with E-state index in [-0.39, 0.29) is 11.7 Å². The van der Waals surface area contributed by atoms with Crippen molar-refractivity contribution in [2.45, 2.75) is 6.92 Å². The van der Waals surface area contributed by atoms with Crippen LogP contribution >= 0.6 is 0 Å². The first-order valence-corrected chi connectivity index (χ1v) is 6.48. The summed E-state index contributed by atoms with van der Waals surface area (Å²) in [7, 11) is 1.75. The number of halogens is 1. The van der Waals surface area contributed by atoms with Crippen LogP contribution in [0.4, 0.5) is 10.3 Å². The second kappa shape index (κ2) is 5.01. The molecule has 3 aromatic rings. The summed E-state index contributed by atoms with van der Waals surface area (Å²) < 4.78 is 20.8. The molecule has 0 aliphatic carbocycles. The molecule has 0 atom stereocenters. The van der Waals surface area contributed by atoms with Gasteiger partial charge in [0.15, 0.2) is 17.2 Å². The quantitative estimate of drug-likeness (QED) is 0.798. The van der Waals surface area contributed by atoms with E-state index < -0.39 is 5.82 Å². The summed E-state index contributed by atoms with van der Waals surface area (Å²) in [5.41, 5.74) is 7.42. The third-order valence-electron chi connectivity index (χ3n) is 3.10. The largest absolute Gasteiger partial charge is 0.491 e. The molecule has 2 N–H and O–H groups in total. The zero-order valence-electron chi connectivity index (χ0n) is 11.7. The summed E-state index contributed by atoms with van der Waals surface area (Å²) in [5, 5.41) is 5.09. The van der Waals surface area contributed by atoms with Gasteiger partial charge in [-0.25, -0.2) is 14.1 Å². The van der Waals surface area contributed by atoms with Gasteiger partial charge in [-0.15, -0.1) is 0 Å². The first-order valence-electron chi connectivity index (χ1n) is 6.48. The van der Waals surface area contributed by atoms with Crippen LogP contribution in [0.1, 0.15) is 6.92 Å². The number of anilines is 1. The molecule has 0 fully saturated rings. The van der Waals surface area contributed by atoms with E-state index >= 15 is 0 Å². The third-order valence-corrected chi connectivity index (χ3v) is 3.10. The van der Waals surface area contributed by atoms with Gasteiger partial charge < -0.3 is 10.5 Å². The lowest BCUT2D eigenvalue weighted by Crippen LogP contribution is -1.97. The van der Waals surface area contributed by atoms with E-state index in [0.29, 0.717) is 23.5 Å². The van der Waals surface area contributed by atoms with Gasteiger partial charge in [0, 0.05) is 18.8 Å². The Morgan fingerprint density at radius 1 is 1.38 bits per heavy atom. The van der Waals surface area contributed by atoms with Gasteiger partial charge >= 0.3 is 0 Å². The Bertz CT molecular complexity index is 814. The maximum atomic E-state index is 14.0. The maximum absolute atomic E-state index is 14.0. The van der Waals surface area contributed by atoms with Crippen molar-refractivity contribution in [2.24, 2.45) is 7.05 Å². The lowest BCUT2D eigenvalue weighted by atomic mass is 10.1. The smallest absolute Gasteiger partial charge is 0.222 e. The lowest BCUT2D eigenvalue weighted by Gasteiger charge is -2.05. The highest BCUT2D eigenvalue weighted by atomic mass is 19.1. The normalized spacial score (nSPS) is 11.0. The van der Waals surface area contributed by atoms with Gasteiger partial charge in [-0.3, -0.25) is 0 Å². The SMILES string of the molecule is CCOc1ccc(-c2nn(C)c3nc(N)ncc23)cc1F. The highest BCUT2D eigenvalue weighted by Gasteiger charge is 2.14. The van der Waals surface area contributed by atoms with Gasteiger partial charge in [0.1, 0.15) is 5.69 Å². The van der Waals surface area contributed by atoms with Crippen LogP contribution in [0.2, 0.25) is 0 Å². The Balaban J connectivity index is 2.14. The summed E-state index contributed by atoms with van der Waals surface area (Å²) in [6.07, 6.45) is 1.59. The topological polar surface area (TPSA) is 78.8 Å². The van der Waals surface area contributed by atoms with Crippen molar-refractivity contribution >= 4 is 17.0 Å². The van der Waals surface area contributed by atoms with Crippen LogP contribution in [0.5, 0.6) is 5.75 Å². The number of aryl methyl sites for hydroxylation is 1. The second-order valence-corrected chi connectivity index (χ2v) is 4.52. The fraction of sp³-hybridized carbons (Fsp3) is 0.214. The number of aromatic nitrogens is 4. The molecular formula is C14H14FN5O. The Kier molecular flexibility index (Phi) is 3.17. The first kappa shape index (κ1) is 13.3. The van der Waals surface area contributed by atoms with E-state index in [1.54, 1.807) is 37.0 Å². The Morgan fingerprint density at radius 3 is 2.90 bits per heavy atom. The molecule has 2 aromatic heterocycles. The Hall–Kier alpha value is -2.70. The van der Waals surface area contributed by atoms with Crippen molar-refractivity contribution < 1.29 is 9.13 Å². The van der Waals surface area contributed by atoms with E-state index in [2.05, 4.69) is 15.1 Å². The monoisotopic (exact) mass is 287 g/mol. The van der Waals surface area contributed by atoms with Crippen LogP contribution in [0.15, 0.2) is 24.4 Å². The number of fused-ring (bicyclic) bond motifs is 1. The molecule has 0 aliphatic heterocycles. The second-order valence-electron chi connectivity index (χ2n) is 4.52. The zero-order chi connectivity index (χ0) is 15.0. The van der Waals surface area contributed by atoms with Crippen molar-refractivity contribution in [2.75, 3.05) is 12.3 Å². The highest BCUT2D eigenvalue weighted by molar-refractivity contribution is 5.91. The number of benzene rings is 1. The molecule has 7 heteroatoms. The number of nitrogens with zero attached hydrogens (tertiary/aromatic N) is 4. The number of hydrogen-bond donors (Lipinski definition) is 1. The van der Waals surface area contributed by atoms with E-state index in [9.17, 15) is 4.39 Å². The highest BCUT2D eigenvalue weighted by Crippen LogP contribution is 2.29. The molecule has 0 aliphatic rings. The molecule has 0 radical (unpaired) electrons. The third kappa shape index (κ3) is 2.26. The van der Waals surface area contributed by atoms with E-state index in [0.717, 1.165) is 5.39 Å².